The lowest BCUT2D eigenvalue weighted by molar-refractivity contribution is -0.139. The van der Waals surface area contributed by atoms with Crippen molar-refractivity contribution in [2.75, 3.05) is 6.54 Å². The van der Waals surface area contributed by atoms with E-state index in [2.05, 4.69) is 0 Å². The number of carbonyl (C=O) groups is 2. The first-order valence-corrected chi connectivity index (χ1v) is 6.82. The van der Waals surface area contributed by atoms with Crippen molar-refractivity contribution in [3.05, 3.63) is 71.3 Å². The molecule has 106 valence electrons. The second-order valence-electron chi connectivity index (χ2n) is 5.14. The van der Waals surface area contributed by atoms with Crippen molar-refractivity contribution in [1.82, 2.24) is 4.90 Å². The minimum Gasteiger partial charge on any atom is -0.481 e. The van der Waals surface area contributed by atoms with Gasteiger partial charge in [0, 0.05) is 18.7 Å². The van der Waals surface area contributed by atoms with Crippen molar-refractivity contribution >= 4 is 11.9 Å². The van der Waals surface area contributed by atoms with Crippen molar-refractivity contribution in [3.63, 3.8) is 0 Å². The number of benzene rings is 2. The number of amides is 1. The van der Waals surface area contributed by atoms with Crippen LogP contribution in [0.4, 0.5) is 0 Å². The van der Waals surface area contributed by atoms with E-state index >= 15 is 0 Å². The lowest BCUT2D eigenvalue weighted by Gasteiger charge is -2.32. The highest BCUT2D eigenvalue weighted by Gasteiger charge is 2.32. The quantitative estimate of drug-likeness (QED) is 0.920. The minimum absolute atomic E-state index is 0.128. The van der Waals surface area contributed by atoms with E-state index in [-0.39, 0.29) is 12.5 Å². The molecule has 1 N–H and O–H groups in total. The van der Waals surface area contributed by atoms with E-state index < -0.39 is 11.9 Å². The van der Waals surface area contributed by atoms with Gasteiger partial charge < -0.3 is 10.0 Å². The molecule has 1 atom stereocenters. The Morgan fingerprint density at radius 1 is 1.00 bits per heavy atom. The summed E-state index contributed by atoms with van der Waals surface area (Å²) in [6.07, 6.45) is 0. The van der Waals surface area contributed by atoms with Crippen molar-refractivity contribution in [2.45, 2.75) is 12.5 Å². The predicted molar refractivity (Wildman–Crippen MR) is 78.0 cm³/mol. The molecular weight excluding hydrogens is 266 g/mol. The molecule has 1 heterocycles. The molecule has 2 aromatic rings. The van der Waals surface area contributed by atoms with E-state index in [4.69, 9.17) is 0 Å². The molecule has 0 aliphatic carbocycles. The number of aliphatic carboxylic acids is 1. The first kappa shape index (κ1) is 13.4. The SMILES string of the molecule is O=C(O)C1CN(C(=O)c2ccccc2)Cc2ccccc21. The molecule has 0 fully saturated rings. The average molecular weight is 281 g/mol. The summed E-state index contributed by atoms with van der Waals surface area (Å²) < 4.78 is 0. The minimum atomic E-state index is -0.895. The monoisotopic (exact) mass is 281 g/mol. The Morgan fingerprint density at radius 2 is 1.67 bits per heavy atom. The van der Waals surface area contributed by atoms with Crippen LogP contribution in [0.2, 0.25) is 0 Å². The van der Waals surface area contributed by atoms with E-state index in [1.165, 1.54) is 0 Å². The molecule has 3 rings (SSSR count). The molecule has 0 saturated heterocycles. The van der Waals surface area contributed by atoms with Crippen molar-refractivity contribution < 1.29 is 14.7 Å². The molecule has 0 radical (unpaired) electrons. The van der Waals surface area contributed by atoms with Gasteiger partial charge in [-0.2, -0.15) is 0 Å². The summed E-state index contributed by atoms with van der Waals surface area (Å²) in [4.78, 5) is 25.6. The molecule has 0 bridgehead atoms. The van der Waals surface area contributed by atoms with Crippen molar-refractivity contribution in [1.29, 1.82) is 0 Å². The highest BCUT2D eigenvalue weighted by Crippen LogP contribution is 2.29. The summed E-state index contributed by atoms with van der Waals surface area (Å²) in [5.41, 5.74) is 2.29. The molecule has 4 nitrogen and oxygen atoms in total. The number of fused-ring (bicyclic) bond motifs is 1. The first-order chi connectivity index (χ1) is 10.2. The second-order valence-corrected chi connectivity index (χ2v) is 5.14. The third-order valence-electron chi connectivity index (χ3n) is 3.80. The Morgan fingerprint density at radius 3 is 2.38 bits per heavy atom. The maximum absolute atomic E-state index is 12.5. The van der Waals surface area contributed by atoms with Crippen LogP contribution < -0.4 is 0 Å². The number of carbonyl (C=O) groups excluding carboxylic acids is 1. The van der Waals surface area contributed by atoms with Gasteiger partial charge in [-0.05, 0) is 23.3 Å². The molecule has 0 aromatic heterocycles. The van der Waals surface area contributed by atoms with Gasteiger partial charge in [0.15, 0.2) is 0 Å². The van der Waals surface area contributed by atoms with E-state index in [9.17, 15) is 14.7 Å². The number of carboxylic acids is 1. The number of nitrogens with zero attached hydrogens (tertiary/aromatic N) is 1. The normalized spacial score (nSPS) is 17.1. The third-order valence-corrected chi connectivity index (χ3v) is 3.80. The van der Waals surface area contributed by atoms with E-state index in [0.717, 1.165) is 11.1 Å². The highest BCUT2D eigenvalue weighted by molar-refractivity contribution is 5.95. The topological polar surface area (TPSA) is 57.6 Å². The molecule has 0 saturated carbocycles. The zero-order chi connectivity index (χ0) is 14.8. The van der Waals surface area contributed by atoms with Gasteiger partial charge in [-0.1, -0.05) is 42.5 Å². The fourth-order valence-corrected chi connectivity index (χ4v) is 2.74. The van der Waals surface area contributed by atoms with Crippen LogP contribution in [0, 0.1) is 0 Å². The Kier molecular flexibility index (Phi) is 3.44. The highest BCUT2D eigenvalue weighted by atomic mass is 16.4. The predicted octanol–water partition coefficient (Wildman–Crippen LogP) is 2.51. The molecule has 4 heteroatoms. The Bertz CT molecular complexity index is 681. The van der Waals surface area contributed by atoms with Crippen LogP contribution in [0.1, 0.15) is 27.4 Å². The molecule has 2 aromatic carbocycles. The van der Waals surface area contributed by atoms with Gasteiger partial charge in [-0.15, -0.1) is 0 Å². The van der Waals surface area contributed by atoms with Crippen LogP contribution in [0.15, 0.2) is 54.6 Å². The second kappa shape index (κ2) is 5.40. The number of hydrogen-bond donors (Lipinski definition) is 1. The van der Waals surface area contributed by atoms with Gasteiger partial charge in [0.2, 0.25) is 0 Å². The van der Waals surface area contributed by atoms with Gasteiger partial charge in [-0.25, -0.2) is 0 Å². The van der Waals surface area contributed by atoms with Gasteiger partial charge >= 0.3 is 5.97 Å². The molecule has 21 heavy (non-hydrogen) atoms. The molecule has 1 aliphatic rings. The Labute approximate surface area is 122 Å². The van der Waals surface area contributed by atoms with E-state index in [0.29, 0.717) is 12.1 Å². The van der Waals surface area contributed by atoms with E-state index in [1.807, 2.05) is 30.3 Å². The number of carboxylic acid groups (broad SMARTS) is 1. The Hall–Kier alpha value is -2.62. The fourth-order valence-electron chi connectivity index (χ4n) is 2.74. The van der Waals surface area contributed by atoms with Gasteiger partial charge in [-0.3, -0.25) is 9.59 Å². The van der Waals surface area contributed by atoms with Crippen molar-refractivity contribution in [3.8, 4) is 0 Å². The summed E-state index contributed by atoms with van der Waals surface area (Å²) in [5.74, 6) is -1.69. The maximum Gasteiger partial charge on any atom is 0.312 e. The standard InChI is InChI=1S/C17H15NO3/c19-16(12-6-2-1-3-7-12)18-10-13-8-4-5-9-14(13)15(11-18)17(20)21/h1-9,15H,10-11H2,(H,20,21). The summed E-state index contributed by atoms with van der Waals surface area (Å²) >= 11 is 0. The fraction of sp³-hybridized carbons (Fsp3) is 0.176. The Balaban J connectivity index is 1.93. The zero-order valence-corrected chi connectivity index (χ0v) is 11.4. The average Bonchev–Trinajstić information content (AvgIpc) is 2.53. The van der Waals surface area contributed by atoms with Crippen LogP contribution in [0.3, 0.4) is 0 Å². The van der Waals surface area contributed by atoms with Crippen LogP contribution in [-0.4, -0.2) is 28.4 Å². The van der Waals surface area contributed by atoms with Crippen LogP contribution in [0.25, 0.3) is 0 Å². The smallest absolute Gasteiger partial charge is 0.312 e. The van der Waals surface area contributed by atoms with Crippen molar-refractivity contribution in [2.24, 2.45) is 0 Å². The van der Waals surface area contributed by atoms with Crippen LogP contribution in [0.5, 0.6) is 0 Å². The molecule has 1 aliphatic heterocycles. The van der Waals surface area contributed by atoms with Gasteiger partial charge in [0.25, 0.3) is 5.91 Å². The number of rotatable bonds is 2. The summed E-state index contributed by atoms with van der Waals surface area (Å²) in [6.45, 7) is 0.660. The molecular formula is C17H15NO3. The third kappa shape index (κ3) is 2.52. The van der Waals surface area contributed by atoms with Crippen LogP contribution >= 0.6 is 0 Å². The molecule has 1 amide bonds. The van der Waals surface area contributed by atoms with E-state index in [1.54, 1.807) is 29.2 Å². The lowest BCUT2D eigenvalue weighted by Crippen LogP contribution is -2.40. The largest absolute Gasteiger partial charge is 0.481 e. The maximum atomic E-state index is 12.5. The van der Waals surface area contributed by atoms with Crippen LogP contribution in [-0.2, 0) is 11.3 Å². The molecule has 0 spiro atoms. The summed E-state index contributed by atoms with van der Waals surface area (Å²) in [5, 5.41) is 9.42. The summed E-state index contributed by atoms with van der Waals surface area (Å²) in [6, 6.07) is 16.4. The number of hydrogen-bond acceptors (Lipinski definition) is 2. The lowest BCUT2D eigenvalue weighted by atomic mass is 9.89. The first-order valence-electron chi connectivity index (χ1n) is 6.82. The van der Waals surface area contributed by atoms with Gasteiger partial charge in [0.05, 0.1) is 5.92 Å². The zero-order valence-electron chi connectivity index (χ0n) is 11.4. The summed E-state index contributed by atoms with van der Waals surface area (Å²) in [7, 11) is 0. The molecule has 1 unspecified atom stereocenters. The van der Waals surface area contributed by atoms with Gasteiger partial charge in [0.1, 0.15) is 0 Å².